The predicted octanol–water partition coefficient (Wildman–Crippen LogP) is 1.56. The molecule has 72 valence electrons. The van der Waals surface area contributed by atoms with Crippen LogP contribution >= 0.6 is 0 Å². The average molecular weight is 179 g/mol. The van der Waals surface area contributed by atoms with E-state index in [4.69, 9.17) is 5.73 Å². The topological polar surface area (TPSA) is 51.8 Å². The maximum atomic E-state index is 5.69. The SMILES string of the molecule is CC(C)CC(CN)c1cccnn1. The molecule has 0 fully saturated rings. The Kier molecular flexibility index (Phi) is 3.83. The monoisotopic (exact) mass is 179 g/mol. The molecule has 0 aliphatic carbocycles. The van der Waals surface area contributed by atoms with Crippen molar-refractivity contribution in [1.82, 2.24) is 10.2 Å². The first-order valence-electron chi connectivity index (χ1n) is 4.71. The highest BCUT2D eigenvalue weighted by molar-refractivity contribution is 5.06. The number of nitrogens with zero attached hydrogens (tertiary/aromatic N) is 2. The molecule has 0 saturated heterocycles. The molecule has 0 aliphatic rings. The molecule has 0 aliphatic heterocycles. The summed E-state index contributed by atoms with van der Waals surface area (Å²) in [6, 6.07) is 3.90. The van der Waals surface area contributed by atoms with Crippen LogP contribution in [0.3, 0.4) is 0 Å². The number of rotatable bonds is 4. The van der Waals surface area contributed by atoms with Gasteiger partial charge in [-0.05, 0) is 24.5 Å². The fraction of sp³-hybridized carbons (Fsp3) is 0.600. The Morgan fingerprint density at radius 1 is 1.46 bits per heavy atom. The second kappa shape index (κ2) is 4.92. The predicted molar refractivity (Wildman–Crippen MR) is 53.3 cm³/mol. The van der Waals surface area contributed by atoms with Crippen LogP contribution in [-0.2, 0) is 0 Å². The summed E-state index contributed by atoms with van der Waals surface area (Å²) in [5.41, 5.74) is 6.70. The smallest absolute Gasteiger partial charge is 0.0674 e. The first-order valence-corrected chi connectivity index (χ1v) is 4.71. The summed E-state index contributed by atoms with van der Waals surface area (Å²) < 4.78 is 0. The van der Waals surface area contributed by atoms with Gasteiger partial charge in [-0.1, -0.05) is 13.8 Å². The van der Waals surface area contributed by atoms with Crippen LogP contribution in [0.25, 0.3) is 0 Å². The van der Waals surface area contributed by atoms with E-state index in [0.717, 1.165) is 12.1 Å². The van der Waals surface area contributed by atoms with Gasteiger partial charge < -0.3 is 5.73 Å². The van der Waals surface area contributed by atoms with Gasteiger partial charge in [-0.2, -0.15) is 10.2 Å². The van der Waals surface area contributed by atoms with E-state index >= 15 is 0 Å². The summed E-state index contributed by atoms with van der Waals surface area (Å²) in [7, 11) is 0. The minimum absolute atomic E-state index is 0.355. The van der Waals surface area contributed by atoms with Gasteiger partial charge in [0.05, 0.1) is 5.69 Å². The summed E-state index contributed by atoms with van der Waals surface area (Å²) in [6.07, 6.45) is 2.77. The molecule has 1 heterocycles. The van der Waals surface area contributed by atoms with E-state index < -0.39 is 0 Å². The highest BCUT2D eigenvalue weighted by Gasteiger charge is 2.12. The summed E-state index contributed by atoms with van der Waals surface area (Å²) in [4.78, 5) is 0. The Morgan fingerprint density at radius 2 is 2.23 bits per heavy atom. The van der Waals surface area contributed by atoms with Crippen molar-refractivity contribution in [1.29, 1.82) is 0 Å². The van der Waals surface area contributed by atoms with Gasteiger partial charge in [0, 0.05) is 18.7 Å². The van der Waals surface area contributed by atoms with Gasteiger partial charge in [0.1, 0.15) is 0 Å². The Morgan fingerprint density at radius 3 is 2.69 bits per heavy atom. The number of nitrogens with two attached hydrogens (primary N) is 1. The molecular weight excluding hydrogens is 162 g/mol. The molecule has 1 aromatic heterocycles. The minimum Gasteiger partial charge on any atom is -0.330 e. The number of hydrogen-bond donors (Lipinski definition) is 1. The zero-order chi connectivity index (χ0) is 9.68. The van der Waals surface area contributed by atoms with Crippen molar-refractivity contribution in [2.75, 3.05) is 6.54 Å². The van der Waals surface area contributed by atoms with Gasteiger partial charge in [-0.25, -0.2) is 0 Å². The van der Waals surface area contributed by atoms with Gasteiger partial charge in [0.25, 0.3) is 0 Å². The maximum absolute atomic E-state index is 5.69. The zero-order valence-electron chi connectivity index (χ0n) is 8.27. The third-order valence-corrected chi connectivity index (χ3v) is 2.05. The molecule has 1 aromatic rings. The molecule has 0 aromatic carbocycles. The summed E-state index contributed by atoms with van der Waals surface area (Å²) in [5, 5.41) is 7.93. The second-order valence-corrected chi connectivity index (χ2v) is 3.71. The summed E-state index contributed by atoms with van der Waals surface area (Å²) >= 11 is 0. The van der Waals surface area contributed by atoms with Crippen LogP contribution in [0, 0.1) is 5.92 Å². The molecule has 1 atom stereocenters. The fourth-order valence-corrected chi connectivity index (χ4v) is 1.44. The third-order valence-electron chi connectivity index (χ3n) is 2.05. The van der Waals surface area contributed by atoms with Crippen LogP contribution in [0.15, 0.2) is 18.3 Å². The molecule has 0 spiro atoms. The summed E-state index contributed by atoms with van der Waals surface area (Å²) in [5.74, 6) is 1.00. The van der Waals surface area contributed by atoms with Crippen LogP contribution in [0.4, 0.5) is 0 Å². The maximum Gasteiger partial charge on any atom is 0.0674 e. The van der Waals surface area contributed by atoms with Crippen LogP contribution in [0.5, 0.6) is 0 Å². The van der Waals surface area contributed by atoms with Gasteiger partial charge in [-0.3, -0.25) is 0 Å². The average Bonchev–Trinajstić information content (AvgIpc) is 2.15. The second-order valence-electron chi connectivity index (χ2n) is 3.71. The van der Waals surface area contributed by atoms with Gasteiger partial charge in [0.15, 0.2) is 0 Å². The van der Waals surface area contributed by atoms with E-state index in [1.54, 1.807) is 6.20 Å². The lowest BCUT2D eigenvalue weighted by atomic mass is 9.94. The summed E-state index contributed by atoms with van der Waals surface area (Å²) in [6.45, 7) is 5.04. The Labute approximate surface area is 79.4 Å². The van der Waals surface area contributed by atoms with E-state index in [-0.39, 0.29) is 0 Å². The van der Waals surface area contributed by atoms with Crippen LogP contribution in [0.1, 0.15) is 31.9 Å². The van der Waals surface area contributed by atoms with Crippen molar-refractivity contribution in [3.8, 4) is 0 Å². The Bertz CT molecular complexity index is 233. The fourth-order valence-electron chi connectivity index (χ4n) is 1.44. The molecular formula is C10H17N3. The van der Waals surface area contributed by atoms with Crippen molar-refractivity contribution in [3.63, 3.8) is 0 Å². The van der Waals surface area contributed by atoms with E-state index in [0.29, 0.717) is 18.4 Å². The standard InChI is InChI=1S/C10H17N3/c1-8(2)6-9(7-11)10-4-3-5-12-13-10/h3-5,8-9H,6-7,11H2,1-2H3. The largest absolute Gasteiger partial charge is 0.330 e. The van der Waals surface area contributed by atoms with Crippen molar-refractivity contribution in [2.24, 2.45) is 11.7 Å². The van der Waals surface area contributed by atoms with Crippen LogP contribution in [0.2, 0.25) is 0 Å². The number of aromatic nitrogens is 2. The molecule has 1 unspecified atom stereocenters. The van der Waals surface area contributed by atoms with Crippen molar-refractivity contribution >= 4 is 0 Å². The van der Waals surface area contributed by atoms with E-state index in [1.165, 1.54) is 0 Å². The minimum atomic E-state index is 0.355. The third kappa shape index (κ3) is 3.11. The first kappa shape index (κ1) is 10.1. The van der Waals surface area contributed by atoms with Crippen molar-refractivity contribution in [3.05, 3.63) is 24.0 Å². The van der Waals surface area contributed by atoms with E-state index in [9.17, 15) is 0 Å². The quantitative estimate of drug-likeness (QED) is 0.763. The molecule has 0 saturated carbocycles. The Balaban J connectivity index is 2.67. The zero-order valence-corrected chi connectivity index (χ0v) is 8.27. The molecule has 0 bridgehead atoms. The molecule has 0 amide bonds. The highest BCUT2D eigenvalue weighted by atomic mass is 15.1. The molecule has 0 radical (unpaired) electrons. The van der Waals surface area contributed by atoms with Gasteiger partial charge in [0.2, 0.25) is 0 Å². The first-order chi connectivity index (χ1) is 6.24. The van der Waals surface area contributed by atoms with E-state index in [2.05, 4.69) is 24.0 Å². The molecule has 3 nitrogen and oxygen atoms in total. The number of hydrogen-bond acceptors (Lipinski definition) is 3. The Hall–Kier alpha value is -0.960. The van der Waals surface area contributed by atoms with Gasteiger partial charge >= 0.3 is 0 Å². The van der Waals surface area contributed by atoms with Crippen molar-refractivity contribution < 1.29 is 0 Å². The van der Waals surface area contributed by atoms with Gasteiger partial charge in [-0.15, -0.1) is 0 Å². The lowest BCUT2D eigenvalue weighted by Crippen LogP contribution is -2.16. The molecule has 2 N–H and O–H groups in total. The highest BCUT2D eigenvalue weighted by Crippen LogP contribution is 2.19. The molecule has 13 heavy (non-hydrogen) atoms. The van der Waals surface area contributed by atoms with Crippen LogP contribution < -0.4 is 5.73 Å². The van der Waals surface area contributed by atoms with Crippen molar-refractivity contribution in [2.45, 2.75) is 26.2 Å². The lowest BCUT2D eigenvalue weighted by molar-refractivity contribution is 0.493. The normalized spacial score (nSPS) is 13.2. The van der Waals surface area contributed by atoms with Crippen LogP contribution in [-0.4, -0.2) is 16.7 Å². The lowest BCUT2D eigenvalue weighted by Gasteiger charge is -2.15. The molecule has 1 rings (SSSR count). The van der Waals surface area contributed by atoms with E-state index in [1.807, 2.05) is 12.1 Å². The molecule has 3 heteroatoms.